The number of ether oxygens (including phenoxy) is 1. The van der Waals surface area contributed by atoms with Gasteiger partial charge in [-0.25, -0.2) is 18.6 Å². The molecule has 0 spiro atoms. The molecule has 0 saturated carbocycles. The molecular weight excluding hydrogens is 324 g/mol. The monoisotopic (exact) mass is 341 g/mol. The Balaban J connectivity index is 2.10. The lowest BCUT2D eigenvalue weighted by atomic mass is 10.1. The van der Waals surface area contributed by atoms with Crippen molar-refractivity contribution in [2.45, 2.75) is 26.3 Å². The van der Waals surface area contributed by atoms with Crippen LogP contribution in [0.2, 0.25) is 0 Å². The minimum atomic E-state index is -0.891. The molecule has 8 heteroatoms. The van der Waals surface area contributed by atoms with Crippen molar-refractivity contribution in [1.29, 1.82) is 0 Å². The van der Waals surface area contributed by atoms with E-state index in [-0.39, 0.29) is 5.69 Å². The average Bonchev–Trinajstić information content (AvgIpc) is 2.85. The molecular formula is C15H17F2N3O2S. The standard InChI is InChI=1S/C15H17F2N3O2S/c1-8-7-18-13(23-8)15(2,3)20-14(21)19-9-5-10(16)12(22-4)11(17)6-9/h5-7H,1-4H3,(H2,19,20,21). The van der Waals surface area contributed by atoms with Crippen LogP contribution in [0.25, 0.3) is 0 Å². The van der Waals surface area contributed by atoms with Gasteiger partial charge in [0.15, 0.2) is 17.4 Å². The number of thiazole rings is 1. The number of nitrogens with one attached hydrogen (secondary N) is 2. The molecule has 0 bridgehead atoms. The van der Waals surface area contributed by atoms with E-state index in [2.05, 4.69) is 20.4 Å². The number of hydrogen-bond acceptors (Lipinski definition) is 4. The molecule has 1 aromatic carbocycles. The Morgan fingerprint density at radius 2 is 1.91 bits per heavy atom. The number of urea groups is 1. The number of hydrogen-bond donors (Lipinski definition) is 2. The summed E-state index contributed by atoms with van der Waals surface area (Å²) in [5.41, 5.74) is -0.726. The average molecular weight is 341 g/mol. The Kier molecular flexibility index (Phi) is 4.84. The van der Waals surface area contributed by atoms with Gasteiger partial charge in [0.05, 0.1) is 12.6 Å². The number of aryl methyl sites for hydroxylation is 1. The van der Waals surface area contributed by atoms with Gasteiger partial charge in [-0.1, -0.05) is 0 Å². The predicted molar refractivity (Wildman–Crippen MR) is 84.9 cm³/mol. The Morgan fingerprint density at radius 3 is 2.39 bits per heavy atom. The minimum Gasteiger partial charge on any atom is -0.491 e. The Hall–Kier alpha value is -2.22. The second-order valence-electron chi connectivity index (χ2n) is 5.45. The quantitative estimate of drug-likeness (QED) is 0.889. The lowest BCUT2D eigenvalue weighted by Crippen LogP contribution is -2.43. The van der Waals surface area contributed by atoms with Crippen molar-refractivity contribution in [2.24, 2.45) is 0 Å². The molecule has 23 heavy (non-hydrogen) atoms. The van der Waals surface area contributed by atoms with Gasteiger partial charge in [-0.05, 0) is 20.8 Å². The van der Waals surface area contributed by atoms with Gasteiger partial charge in [-0.3, -0.25) is 0 Å². The molecule has 0 atom stereocenters. The van der Waals surface area contributed by atoms with E-state index in [4.69, 9.17) is 0 Å². The Morgan fingerprint density at radius 1 is 1.30 bits per heavy atom. The van der Waals surface area contributed by atoms with Crippen LogP contribution in [-0.2, 0) is 5.54 Å². The number of carbonyl (C=O) groups is 1. The topological polar surface area (TPSA) is 63.2 Å². The summed E-state index contributed by atoms with van der Waals surface area (Å²) in [5, 5.41) is 5.86. The number of methoxy groups -OCH3 is 1. The fraction of sp³-hybridized carbons (Fsp3) is 0.333. The van der Waals surface area contributed by atoms with E-state index < -0.39 is 29.0 Å². The highest BCUT2D eigenvalue weighted by atomic mass is 32.1. The molecule has 0 saturated heterocycles. The summed E-state index contributed by atoms with van der Waals surface area (Å²) in [6, 6.07) is 1.39. The van der Waals surface area contributed by atoms with Gasteiger partial charge in [0.25, 0.3) is 0 Å². The summed E-state index contributed by atoms with van der Waals surface area (Å²) in [6.45, 7) is 5.50. The highest BCUT2D eigenvalue weighted by Gasteiger charge is 2.26. The zero-order valence-electron chi connectivity index (χ0n) is 13.2. The van der Waals surface area contributed by atoms with Gasteiger partial charge < -0.3 is 15.4 Å². The lowest BCUT2D eigenvalue weighted by Gasteiger charge is -2.24. The molecule has 0 fully saturated rings. The number of carbonyl (C=O) groups excluding carboxylic acids is 1. The number of anilines is 1. The zero-order chi connectivity index (χ0) is 17.2. The molecule has 1 aromatic heterocycles. The van der Waals surface area contributed by atoms with Crippen LogP contribution in [0, 0.1) is 18.6 Å². The van der Waals surface area contributed by atoms with Gasteiger partial charge in [0.1, 0.15) is 5.01 Å². The van der Waals surface area contributed by atoms with Crippen LogP contribution in [0.3, 0.4) is 0 Å². The number of nitrogens with zero attached hydrogens (tertiary/aromatic N) is 1. The van der Waals surface area contributed by atoms with Crippen LogP contribution in [0.1, 0.15) is 23.7 Å². The molecule has 5 nitrogen and oxygen atoms in total. The first-order valence-corrected chi connectivity index (χ1v) is 7.59. The van der Waals surface area contributed by atoms with E-state index in [0.717, 1.165) is 22.0 Å². The summed E-state index contributed by atoms with van der Waals surface area (Å²) in [4.78, 5) is 17.3. The summed E-state index contributed by atoms with van der Waals surface area (Å²) in [6.07, 6.45) is 1.72. The van der Waals surface area contributed by atoms with Crippen molar-refractivity contribution in [3.63, 3.8) is 0 Å². The number of halogens is 2. The van der Waals surface area contributed by atoms with Crippen molar-refractivity contribution in [1.82, 2.24) is 10.3 Å². The normalized spacial score (nSPS) is 11.2. The molecule has 0 aliphatic carbocycles. The van der Waals surface area contributed by atoms with Crippen LogP contribution < -0.4 is 15.4 Å². The van der Waals surface area contributed by atoms with Crippen molar-refractivity contribution < 1.29 is 18.3 Å². The largest absolute Gasteiger partial charge is 0.491 e. The first-order chi connectivity index (χ1) is 10.7. The molecule has 2 N–H and O–H groups in total. The molecule has 0 aliphatic rings. The van der Waals surface area contributed by atoms with Gasteiger partial charge >= 0.3 is 6.03 Å². The van der Waals surface area contributed by atoms with Gasteiger partial charge in [0, 0.05) is 28.9 Å². The first kappa shape index (κ1) is 17.1. The summed E-state index contributed by atoms with van der Waals surface area (Å²) < 4.78 is 31.8. The van der Waals surface area contributed by atoms with E-state index in [9.17, 15) is 13.6 Å². The second-order valence-corrected chi connectivity index (χ2v) is 6.69. The molecule has 124 valence electrons. The number of benzene rings is 1. The summed E-state index contributed by atoms with van der Waals surface area (Å²) in [7, 11) is 1.17. The van der Waals surface area contributed by atoms with Crippen LogP contribution in [-0.4, -0.2) is 18.1 Å². The van der Waals surface area contributed by atoms with Gasteiger partial charge in [-0.2, -0.15) is 0 Å². The molecule has 2 amide bonds. The van der Waals surface area contributed by atoms with Crippen molar-refractivity contribution >= 4 is 23.1 Å². The Labute approximate surface area is 136 Å². The SMILES string of the molecule is COc1c(F)cc(NC(=O)NC(C)(C)c2ncc(C)s2)cc1F. The third kappa shape index (κ3) is 3.95. The van der Waals surface area contributed by atoms with E-state index in [1.165, 1.54) is 18.4 Å². The van der Waals surface area contributed by atoms with E-state index >= 15 is 0 Å². The maximum Gasteiger partial charge on any atom is 0.319 e. The predicted octanol–water partition coefficient (Wildman–Crippen LogP) is 3.80. The first-order valence-electron chi connectivity index (χ1n) is 6.78. The van der Waals surface area contributed by atoms with Gasteiger partial charge in [-0.15, -0.1) is 11.3 Å². The van der Waals surface area contributed by atoms with Gasteiger partial charge in [0.2, 0.25) is 0 Å². The van der Waals surface area contributed by atoms with Crippen LogP contribution in [0.5, 0.6) is 5.75 Å². The molecule has 2 rings (SSSR count). The van der Waals surface area contributed by atoms with Crippen LogP contribution >= 0.6 is 11.3 Å². The molecule has 0 aliphatic heterocycles. The molecule has 1 heterocycles. The maximum absolute atomic E-state index is 13.6. The van der Waals surface area contributed by atoms with E-state index in [1.54, 1.807) is 20.0 Å². The van der Waals surface area contributed by atoms with Crippen molar-refractivity contribution in [3.05, 3.63) is 39.8 Å². The fourth-order valence-electron chi connectivity index (χ4n) is 1.97. The second kappa shape index (κ2) is 6.49. The summed E-state index contributed by atoms with van der Waals surface area (Å²) in [5.74, 6) is -2.27. The van der Waals surface area contributed by atoms with Crippen LogP contribution in [0.4, 0.5) is 19.3 Å². The fourth-order valence-corrected chi connectivity index (χ4v) is 2.79. The number of rotatable bonds is 4. The maximum atomic E-state index is 13.6. The van der Waals surface area contributed by atoms with E-state index in [1.807, 2.05) is 6.92 Å². The number of aromatic nitrogens is 1. The smallest absolute Gasteiger partial charge is 0.319 e. The number of amides is 2. The van der Waals surface area contributed by atoms with Crippen molar-refractivity contribution in [3.8, 4) is 5.75 Å². The highest BCUT2D eigenvalue weighted by molar-refractivity contribution is 7.11. The third-order valence-corrected chi connectivity index (χ3v) is 4.28. The lowest BCUT2D eigenvalue weighted by molar-refractivity contribution is 0.241. The molecule has 0 radical (unpaired) electrons. The Bertz CT molecular complexity index is 708. The van der Waals surface area contributed by atoms with Crippen molar-refractivity contribution in [2.75, 3.05) is 12.4 Å². The minimum absolute atomic E-state index is 0.00980. The van der Waals surface area contributed by atoms with Crippen LogP contribution in [0.15, 0.2) is 18.3 Å². The molecule has 0 unspecified atom stereocenters. The zero-order valence-corrected chi connectivity index (χ0v) is 14.0. The van der Waals surface area contributed by atoms with E-state index in [0.29, 0.717) is 0 Å². The summed E-state index contributed by atoms with van der Waals surface area (Å²) >= 11 is 1.46. The molecule has 2 aromatic rings. The highest BCUT2D eigenvalue weighted by Crippen LogP contribution is 2.27. The third-order valence-electron chi connectivity index (χ3n) is 3.04.